The van der Waals surface area contributed by atoms with Gasteiger partial charge in [0.25, 0.3) is 0 Å². The number of pyridine rings is 1. The molecule has 0 aliphatic heterocycles. The normalized spacial score (nSPS) is 11.6. The van der Waals surface area contributed by atoms with Crippen molar-refractivity contribution >= 4 is 63.3 Å². The number of hydrogen-bond donors (Lipinski definition) is 2. The van der Waals surface area contributed by atoms with Crippen LogP contribution in [0.2, 0.25) is 10.0 Å². The maximum Gasteiger partial charge on any atom is 0.239 e. The Hall–Kier alpha value is -2.90. The fourth-order valence-corrected chi connectivity index (χ4v) is 3.88. The molecule has 0 aliphatic carbocycles. The van der Waals surface area contributed by atoms with E-state index in [2.05, 4.69) is 10.3 Å². The summed E-state index contributed by atoms with van der Waals surface area (Å²) in [7, 11) is 0. The molecular weight excluding hydrogens is 499 g/mol. The van der Waals surface area contributed by atoms with Crippen LogP contribution in [0.15, 0.2) is 59.0 Å². The summed E-state index contributed by atoms with van der Waals surface area (Å²) >= 11 is 18.2. The smallest absolute Gasteiger partial charge is 0.239 e. The third-order valence-electron chi connectivity index (χ3n) is 5.11. The van der Waals surface area contributed by atoms with E-state index in [-0.39, 0.29) is 23.0 Å². The van der Waals surface area contributed by atoms with Gasteiger partial charge < -0.3 is 14.8 Å². The molecule has 2 heterocycles. The number of aromatic nitrogens is 1. The van der Waals surface area contributed by atoms with Crippen molar-refractivity contribution in [2.75, 3.05) is 11.2 Å². The average Bonchev–Trinajstić information content (AvgIpc) is 3.15. The Labute approximate surface area is 210 Å². The summed E-state index contributed by atoms with van der Waals surface area (Å²) in [6.45, 7) is 2.66. The second kappa shape index (κ2) is 9.39. The first-order valence-corrected chi connectivity index (χ1v) is 11.5. The van der Waals surface area contributed by atoms with Crippen molar-refractivity contribution in [3.63, 3.8) is 0 Å². The lowest BCUT2D eigenvalue weighted by molar-refractivity contribution is -0.113. The van der Waals surface area contributed by atoms with E-state index < -0.39 is 17.3 Å². The SMILES string of the molecule is CC(C)(O)C(=O)c1oc2nc(-c3ccccc3Cl)c(-c3ccc(Cl)cc3)cc2c1NC(=O)CCl. The van der Waals surface area contributed by atoms with Crippen LogP contribution in [0.25, 0.3) is 33.5 Å². The minimum atomic E-state index is -1.75. The number of ketones is 1. The van der Waals surface area contributed by atoms with Crippen LogP contribution in [0.1, 0.15) is 24.4 Å². The zero-order chi connectivity index (χ0) is 24.6. The van der Waals surface area contributed by atoms with E-state index in [4.69, 9.17) is 39.2 Å². The minimum absolute atomic E-state index is 0.0844. The zero-order valence-electron chi connectivity index (χ0n) is 18.2. The molecule has 0 saturated heterocycles. The minimum Gasteiger partial charge on any atom is -0.432 e. The first kappa shape index (κ1) is 24.2. The van der Waals surface area contributed by atoms with Crippen molar-refractivity contribution < 1.29 is 19.1 Å². The molecule has 0 bridgehead atoms. The average molecular weight is 518 g/mol. The van der Waals surface area contributed by atoms with Gasteiger partial charge in [0.1, 0.15) is 17.2 Å². The Morgan fingerprint density at radius 3 is 2.35 bits per heavy atom. The maximum absolute atomic E-state index is 12.9. The van der Waals surface area contributed by atoms with Crippen LogP contribution in [0.5, 0.6) is 0 Å². The molecule has 0 aliphatic rings. The molecule has 4 rings (SSSR count). The zero-order valence-corrected chi connectivity index (χ0v) is 20.4. The van der Waals surface area contributed by atoms with Crippen LogP contribution >= 0.6 is 34.8 Å². The molecule has 4 aromatic rings. The number of carbonyl (C=O) groups excluding carboxylic acids is 2. The van der Waals surface area contributed by atoms with Crippen LogP contribution in [-0.4, -0.2) is 33.3 Å². The van der Waals surface area contributed by atoms with Crippen molar-refractivity contribution in [2.45, 2.75) is 19.4 Å². The van der Waals surface area contributed by atoms with E-state index >= 15 is 0 Å². The third-order valence-corrected chi connectivity index (χ3v) is 5.94. The molecule has 2 N–H and O–H groups in total. The van der Waals surface area contributed by atoms with E-state index in [1.54, 1.807) is 30.3 Å². The number of nitrogens with one attached hydrogen (secondary N) is 1. The lowest BCUT2D eigenvalue weighted by atomic mass is 9.97. The molecule has 0 fully saturated rings. The summed E-state index contributed by atoms with van der Waals surface area (Å²) in [4.78, 5) is 29.8. The van der Waals surface area contributed by atoms with E-state index in [0.717, 1.165) is 5.56 Å². The van der Waals surface area contributed by atoms with Gasteiger partial charge in [0, 0.05) is 21.2 Å². The van der Waals surface area contributed by atoms with Crippen molar-refractivity contribution in [3.8, 4) is 22.4 Å². The maximum atomic E-state index is 12.9. The second-order valence-electron chi connectivity index (χ2n) is 8.10. The number of benzene rings is 2. The highest BCUT2D eigenvalue weighted by molar-refractivity contribution is 6.33. The highest BCUT2D eigenvalue weighted by Crippen LogP contribution is 2.41. The number of hydrogen-bond acceptors (Lipinski definition) is 5. The van der Waals surface area contributed by atoms with Crippen LogP contribution in [0.3, 0.4) is 0 Å². The van der Waals surface area contributed by atoms with E-state index in [0.29, 0.717) is 32.3 Å². The van der Waals surface area contributed by atoms with Gasteiger partial charge in [0.2, 0.25) is 17.4 Å². The van der Waals surface area contributed by atoms with Gasteiger partial charge in [-0.3, -0.25) is 9.59 Å². The summed E-state index contributed by atoms with van der Waals surface area (Å²) in [5, 5.41) is 14.3. The number of rotatable bonds is 6. The largest absolute Gasteiger partial charge is 0.432 e. The Kier molecular flexibility index (Phi) is 6.69. The summed E-state index contributed by atoms with van der Waals surface area (Å²) in [6.07, 6.45) is 0. The Bertz CT molecular complexity index is 1410. The molecule has 0 unspecified atom stereocenters. The monoisotopic (exact) mass is 516 g/mol. The summed E-state index contributed by atoms with van der Waals surface area (Å²) in [6, 6.07) is 16.1. The van der Waals surface area contributed by atoms with Gasteiger partial charge in [-0.15, -0.1) is 11.6 Å². The molecule has 1 amide bonds. The molecule has 34 heavy (non-hydrogen) atoms. The predicted molar refractivity (Wildman–Crippen MR) is 135 cm³/mol. The van der Waals surface area contributed by atoms with E-state index in [1.165, 1.54) is 13.8 Å². The molecule has 0 atom stereocenters. The molecule has 2 aromatic carbocycles. The van der Waals surface area contributed by atoms with Gasteiger partial charge in [-0.2, -0.15) is 0 Å². The van der Waals surface area contributed by atoms with Crippen molar-refractivity contribution in [3.05, 3.63) is 70.4 Å². The number of fused-ring (bicyclic) bond motifs is 1. The highest BCUT2D eigenvalue weighted by Gasteiger charge is 2.33. The first-order valence-electron chi connectivity index (χ1n) is 10.2. The van der Waals surface area contributed by atoms with Crippen LogP contribution < -0.4 is 5.32 Å². The van der Waals surface area contributed by atoms with Gasteiger partial charge in [-0.05, 0) is 43.7 Å². The lowest BCUT2D eigenvalue weighted by Gasteiger charge is -2.14. The number of anilines is 1. The van der Waals surface area contributed by atoms with Gasteiger partial charge in [-0.25, -0.2) is 4.98 Å². The van der Waals surface area contributed by atoms with Gasteiger partial charge in [-0.1, -0.05) is 53.5 Å². The van der Waals surface area contributed by atoms with Crippen molar-refractivity contribution in [1.29, 1.82) is 0 Å². The highest BCUT2D eigenvalue weighted by atomic mass is 35.5. The molecule has 0 radical (unpaired) electrons. The van der Waals surface area contributed by atoms with Crippen molar-refractivity contribution in [1.82, 2.24) is 4.98 Å². The number of carbonyl (C=O) groups is 2. The summed E-state index contributed by atoms with van der Waals surface area (Å²) in [5.74, 6) is -1.83. The van der Waals surface area contributed by atoms with Crippen molar-refractivity contribution in [2.24, 2.45) is 0 Å². The van der Waals surface area contributed by atoms with Gasteiger partial charge >= 0.3 is 0 Å². The van der Waals surface area contributed by atoms with Gasteiger partial charge in [0.05, 0.1) is 11.1 Å². The topological polar surface area (TPSA) is 92.4 Å². The number of furan rings is 1. The number of alkyl halides is 1. The molecule has 9 heteroatoms. The van der Waals surface area contributed by atoms with Gasteiger partial charge in [0.15, 0.2) is 5.76 Å². The predicted octanol–water partition coefficient (Wildman–Crippen LogP) is 6.60. The lowest BCUT2D eigenvalue weighted by Crippen LogP contribution is -2.31. The second-order valence-corrected chi connectivity index (χ2v) is 9.21. The number of halogens is 3. The Morgan fingerprint density at radius 1 is 1.06 bits per heavy atom. The van der Waals surface area contributed by atoms with Crippen LogP contribution in [0.4, 0.5) is 5.69 Å². The van der Waals surface area contributed by atoms with Crippen LogP contribution in [-0.2, 0) is 4.79 Å². The first-order chi connectivity index (χ1) is 16.1. The summed E-state index contributed by atoms with van der Waals surface area (Å²) < 4.78 is 5.80. The standard InChI is InChI=1S/C25H19Cl3N2O4/c1-25(2,33)23(32)22-21(29-19(31)12-26)17-11-16(13-7-9-14(27)10-8-13)20(30-24(17)34-22)15-5-3-4-6-18(15)28/h3-11,33H,12H2,1-2H3,(H,29,31). The Morgan fingerprint density at radius 2 is 1.74 bits per heavy atom. The molecular formula is C25H19Cl3N2O4. The molecule has 6 nitrogen and oxygen atoms in total. The molecule has 0 spiro atoms. The Balaban J connectivity index is 2.07. The number of aliphatic hydroxyl groups is 1. The van der Waals surface area contributed by atoms with Crippen LogP contribution in [0, 0.1) is 0 Å². The van der Waals surface area contributed by atoms with E-state index in [9.17, 15) is 14.7 Å². The summed E-state index contributed by atoms with van der Waals surface area (Å²) in [5.41, 5.74) is 1.02. The quantitative estimate of drug-likeness (QED) is 0.222. The molecule has 2 aromatic heterocycles. The molecule has 0 saturated carbocycles. The van der Waals surface area contributed by atoms with E-state index in [1.807, 2.05) is 24.3 Å². The fraction of sp³-hybridized carbons (Fsp3) is 0.160. The molecule has 174 valence electrons. The number of nitrogens with zero attached hydrogens (tertiary/aromatic N) is 1. The number of Topliss-reactive ketones (excluding diaryl/α,β-unsaturated/α-hetero) is 1. The third kappa shape index (κ3) is 4.68. The fourth-order valence-electron chi connectivity index (χ4n) is 3.47. The number of amides is 1.